The van der Waals surface area contributed by atoms with Crippen LogP contribution in [-0.2, 0) is 0 Å². The maximum absolute atomic E-state index is 4.59. The van der Waals surface area contributed by atoms with E-state index in [1.165, 1.54) is 32.1 Å². The van der Waals surface area contributed by atoms with E-state index in [1.54, 1.807) is 0 Å². The van der Waals surface area contributed by atoms with E-state index in [-0.39, 0.29) is 0 Å². The van der Waals surface area contributed by atoms with Crippen molar-refractivity contribution >= 4 is 27.7 Å². The van der Waals surface area contributed by atoms with E-state index in [0.29, 0.717) is 12.0 Å². The number of halogens is 1. The van der Waals surface area contributed by atoms with Gasteiger partial charge >= 0.3 is 0 Å². The minimum atomic E-state index is 0.625. The molecule has 0 unspecified atom stereocenters. The summed E-state index contributed by atoms with van der Waals surface area (Å²) in [5.41, 5.74) is 0. The highest BCUT2D eigenvalue weighted by Crippen LogP contribution is 2.30. The zero-order chi connectivity index (χ0) is 13.0. The first-order valence-corrected chi connectivity index (χ1v) is 7.52. The summed E-state index contributed by atoms with van der Waals surface area (Å²) in [6, 6.07) is 0.625. The van der Waals surface area contributed by atoms with Crippen molar-refractivity contribution in [2.75, 3.05) is 23.8 Å². The summed E-state index contributed by atoms with van der Waals surface area (Å²) >= 11 is 3.57. The molecule has 5 heteroatoms. The minimum Gasteiger partial charge on any atom is -0.357 e. The Morgan fingerprint density at radius 1 is 1.39 bits per heavy atom. The molecule has 0 aromatic carbocycles. The molecule has 4 nitrogen and oxygen atoms in total. The van der Waals surface area contributed by atoms with E-state index in [4.69, 9.17) is 0 Å². The third kappa shape index (κ3) is 2.94. The summed E-state index contributed by atoms with van der Waals surface area (Å²) in [6.07, 6.45) is 8.43. The van der Waals surface area contributed by atoms with Gasteiger partial charge in [-0.3, -0.25) is 0 Å². The molecule has 1 fully saturated rings. The van der Waals surface area contributed by atoms with Crippen LogP contribution in [0.4, 0.5) is 11.8 Å². The van der Waals surface area contributed by atoms with E-state index in [1.807, 2.05) is 13.2 Å². The van der Waals surface area contributed by atoms with E-state index >= 15 is 0 Å². The second-order valence-corrected chi connectivity index (χ2v) is 5.55. The van der Waals surface area contributed by atoms with Crippen LogP contribution < -0.4 is 10.2 Å². The molecule has 18 heavy (non-hydrogen) atoms. The fraction of sp³-hybridized carbons (Fsp3) is 0.692. The van der Waals surface area contributed by atoms with Crippen LogP contribution in [0.1, 0.15) is 39.0 Å². The van der Waals surface area contributed by atoms with Crippen molar-refractivity contribution in [3.05, 3.63) is 10.7 Å². The van der Waals surface area contributed by atoms with E-state index < -0.39 is 0 Å². The van der Waals surface area contributed by atoms with E-state index in [2.05, 4.69) is 43.0 Å². The number of hydrogen-bond acceptors (Lipinski definition) is 4. The molecule has 0 bridgehead atoms. The molecule has 1 N–H and O–H groups in total. The maximum atomic E-state index is 4.59. The van der Waals surface area contributed by atoms with Crippen LogP contribution >= 0.6 is 15.9 Å². The molecule has 1 aromatic rings. The van der Waals surface area contributed by atoms with Crippen molar-refractivity contribution in [2.45, 2.75) is 45.1 Å². The summed E-state index contributed by atoms with van der Waals surface area (Å²) < 4.78 is 0.980. The SMILES string of the molecule is CCN(c1nc(NC)ncc1Br)C1CCCCC1. The Morgan fingerprint density at radius 2 is 2.11 bits per heavy atom. The highest BCUT2D eigenvalue weighted by molar-refractivity contribution is 9.10. The number of anilines is 2. The smallest absolute Gasteiger partial charge is 0.224 e. The average Bonchev–Trinajstić information content (AvgIpc) is 2.43. The predicted octanol–water partition coefficient (Wildman–Crippen LogP) is 3.44. The first-order valence-electron chi connectivity index (χ1n) is 6.73. The number of rotatable bonds is 4. The van der Waals surface area contributed by atoms with Crippen molar-refractivity contribution in [3.8, 4) is 0 Å². The van der Waals surface area contributed by atoms with Gasteiger partial charge in [0.25, 0.3) is 0 Å². The third-order valence-electron chi connectivity index (χ3n) is 3.58. The van der Waals surface area contributed by atoms with Gasteiger partial charge in [0, 0.05) is 25.8 Å². The summed E-state index contributed by atoms with van der Waals surface area (Å²) in [5, 5.41) is 3.01. The molecule has 100 valence electrons. The van der Waals surface area contributed by atoms with Gasteiger partial charge in [-0.15, -0.1) is 0 Å². The second kappa shape index (κ2) is 6.36. The molecule has 0 aliphatic heterocycles. The zero-order valence-electron chi connectivity index (χ0n) is 11.1. The molecule has 2 rings (SSSR count). The fourth-order valence-corrected chi connectivity index (χ4v) is 3.07. The molecule has 1 heterocycles. The Balaban J connectivity index is 2.25. The van der Waals surface area contributed by atoms with Crippen LogP contribution in [0.25, 0.3) is 0 Å². The number of nitrogens with zero attached hydrogens (tertiary/aromatic N) is 3. The van der Waals surface area contributed by atoms with E-state index in [9.17, 15) is 0 Å². The van der Waals surface area contributed by atoms with Crippen LogP contribution in [0.15, 0.2) is 10.7 Å². The number of hydrogen-bond donors (Lipinski definition) is 1. The fourth-order valence-electron chi connectivity index (χ4n) is 2.65. The quantitative estimate of drug-likeness (QED) is 0.924. The molecule has 1 aliphatic carbocycles. The lowest BCUT2D eigenvalue weighted by Gasteiger charge is -2.35. The molecule has 0 amide bonds. The molecule has 1 aliphatic rings. The van der Waals surface area contributed by atoms with Crippen molar-refractivity contribution in [3.63, 3.8) is 0 Å². The lowest BCUT2D eigenvalue weighted by Crippen LogP contribution is -2.37. The van der Waals surface area contributed by atoms with Crippen LogP contribution in [0, 0.1) is 0 Å². The van der Waals surface area contributed by atoms with Crippen molar-refractivity contribution in [2.24, 2.45) is 0 Å². The van der Waals surface area contributed by atoms with Crippen molar-refractivity contribution < 1.29 is 0 Å². The van der Waals surface area contributed by atoms with E-state index in [0.717, 1.165) is 16.8 Å². The molecule has 0 atom stereocenters. The third-order valence-corrected chi connectivity index (χ3v) is 4.14. The van der Waals surface area contributed by atoms with Gasteiger partial charge in [0.15, 0.2) is 0 Å². The minimum absolute atomic E-state index is 0.625. The van der Waals surface area contributed by atoms with Crippen LogP contribution in [0.3, 0.4) is 0 Å². The number of aromatic nitrogens is 2. The first kappa shape index (κ1) is 13.6. The van der Waals surface area contributed by atoms with Gasteiger partial charge < -0.3 is 10.2 Å². The first-order chi connectivity index (χ1) is 8.76. The van der Waals surface area contributed by atoms with Gasteiger partial charge in [-0.1, -0.05) is 19.3 Å². The second-order valence-electron chi connectivity index (χ2n) is 4.69. The Morgan fingerprint density at radius 3 is 2.72 bits per heavy atom. The normalized spacial score (nSPS) is 16.6. The Kier molecular flexibility index (Phi) is 4.80. The molecule has 1 aromatic heterocycles. The largest absolute Gasteiger partial charge is 0.357 e. The summed E-state index contributed by atoms with van der Waals surface area (Å²) in [7, 11) is 1.85. The summed E-state index contributed by atoms with van der Waals surface area (Å²) in [5.74, 6) is 1.70. The average molecular weight is 313 g/mol. The maximum Gasteiger partial charge on any atom is 0.224 e. The van der Waals surface area contributed by atoms with Gasteiger partial charge in [0.05, 0.1) is 4.47 Å². The molecular weight excluding hydrogens is 292 g/mol. The van der Waals surface area contributed by atoms with Gasteiger partial charge in [0.2, 0.25) is 5.95 Å². The summed E-state index contributed by atoms with van der Waals surface area (Å²) in [4.78, 5) is 11.2. The molecule has 0 spiro atoms. The predicted molar refractivity (Wildman–Crippen MR) is 79.2 cm³/mol. The standard InChI is InChI=1S/C13H21BrN4/c1-3-18(10-7-5-4-6-8-10)12-11(14)9-16-13(15-2)17-12/h9-10H,3-8H2,1-2H3,(H,15,16,17). The topological polar surface area (TPSA) is 41.1 Å². The van der Waals surface area contributed by atoms with Crippen LogP contribution in [0.2, 0.25) is 0 Å². The lowest BCUT2D eigenvalue weighted by molar-refractivity contribution is 0.416. The van der Waals surface area contributed by atoms with Gasteiger partial charge in [-0.05, 0) is 35.7 Å². The Bertz CT molecular complexity index is 391. The monoisotopic (exact) mass is 312 g/mol. The molecule has 1 saturated carbocycles. The van der Waals surface area contributed by atoms with Gasteiger partial charge in [-0.2, -0.15) is 4.98 Å². The molecule has 0 radical (unpaired) electrons. The van der Waals surface area contributed by atoms with Crippen molar-refractivity contribution in [1.82, 2.24) is 9.97 Å². The van der Waals surface area contributed by atoms with Crippen molar-refractivity contribution in [1.29, 1.82) is 0 Å². The molecule has 0 saturated heterocycles. The number of nitrogens with one attached hydrogen (secondary N) is 1. The van der Waals surface area contributed by atoms with Gasteiger partial charge in [-0.25, -0.2) is 4.98 Å². The van der Waals surface area contributed by atoms with Crippen LogP contribution in [0.5, 0.6) is 0 Å². The highest BCUT2D eigenvalue weighted by Gasteiger charge is 2.23. The van der Waals surface area contributed by atoms with Gasteiger partial charge in [0.1, 0.15) is 5.82 Å². The highest BCUT2D eigenvalue weighted by atomic mass is 79.9. The van der Waals surface area contributed by atoms with Crippen LogP contribution in [-0.4, -0.2) is 29.6 Å². The molecular formula is C13H21BrN4. The summed E-state index contributed by atoms with van der Waals surface area (Å²) in [6.45, 7) is 3.19. The Labute approximate surface area is 117 Å². The lowest BCUT2D eigenvalue weighted by atomic mass is 9.94. The zero-order valence-corrected chi connectivity index (χ0v) is 12.7. The Hall–Kier alpha value is -0.840.